The second-order valence-corrected chi connectivity index (χ2v) is 4.31. The number of rotatable bonds is 4. The summed E-state index contributed by atoms with van der Waals surface area (Å²) >= 11 is 1.51. The molecule has 0 saturated carbocycles. The van der Waals surface area contributed by atoms with Crippen LogP contribution in [-0.4, -0.2) is 14.9 Å². The zero-order valence-corrected chi connectivity index (χ0v) is 9.85. The fourth-order valence-electron chi connectivity index (χ4n) is 1.40. The molecule has 0 amide bonds. The van der Waals surface area contributed by atoms with Crippen molar-refractivity contribution < 1.29 is 4.92 Å². The molecule has 2 aromatic rings. The van der Waals surface area contributed by atoms with E-state index in [2.05, 4.69) is 15.3 Å². The number of hydrogen-bond acceptors (Lipinski definition) is 6. The normalized spacial score (nSPS) is 12.1. The van der Waals surface area contributed by atoms with Crippen molar-refractivity contribution >= 4 is 22.7 Å². The van der Waals surface area contributed by atoms with E-state index in [0.29, 0.717) is 5.69 Å². The molecule has 0 aromatic carbocycles. The molecule has 0 fully saturated rings. The van der Waals surface area contributed by atoms with Gasteiger partial charge in [-0.2, -0.15) is 0 Å². The summed E-state index contributed by atoms with van der Waals surface area (Å²) in [5.41, 5.74) is 0.420. The van der Waals surface area contributed by atoms with Crippen LogP contribution in [0.15, 0.2) is 30.0 Å². The number of thiazole rings is 1. The van der Waals surface area contributed by atoms with Crippen molar-refractivity contribution in [2.45, 2.75) is 13.0 Å². The molecule has 0 aliphatic rings. The van der Waals surface area contributed by atoms with E-state index in [-0.39, 0.29) is 11.7 Å². The van der Waals surface area contributed by atoms with Gasteiger partial charge in [-0.3, -0.25) is 15.1 Å². The molecule has 1 atom stereocenters. The maximum absolute atomic E-state index is 10.8. The predicted octanol–water partition coefficient (Wildman–Crippen LogP) is 2.62. The zero-order valence-electron chi connectivity index (χ0n) is 9.03. The summed E-state index contributed by atoms with van der Waals surface area (Å²) in [6.07, 6.45) is 4.46. The predicted molar refractivity (Wildman–Crippen MR) is 65.0 cm³/mol. The lowest BCUT2D eigenvalue weighted by Gasteiger charge is -2.12. The van der Waals surface area contributed by atoms with Gasteiger partial charge < -0.3 is 5.32 Å². The molecule has 0 radical (unpaired) electrons. The monoisotopic (exact) mass is 250 g/mol. The first-order valence-electron chi connectivity index (χ1n) is 4.93. The van der Waals surface area contributed by atoms with E-state index in [4.69, 9.17) is 0 Å². The minimum Gasteiger partial charge on any atom is -0.370 e. The fraction of sp³-hybridized carbons (Fsp3) is 0.200. The Morgan fingerprint density at radius 1 is 1.53 bits per heavy atom. The maximum Gasteiger partial charge on any atom is 0.310 e. The Labute approximate surface area is 102 Å². The Balaban J connectivity index is 2.21. The van der Waals surface area contributed by atoms with E-state index in [1.807, 2.05) is 12.3 Å². The highest BCUT2D eigenvalue weighted by atomic mass is 32.1. The van der Waals surface area contributed by atoms with Crippen LogP contribution in [0, 0.1) is 10.1 Å². The average Bonchev–Trinajstić information content (AvgIpc) is 2.83. The van der Waals surface area contributed by atoms with Crippen molar-refractivity contribution in [3.05, 3.63) is 45.2 Å². The molecule has 0 bridgehead atoms. The molecule has 0 saturated heterocycles. The molecular weight excluding hydrogens is 240 g/mol. The van der Waals surface area contributed by atoms with Crippen LogP contribution in [0.2, 0.25) is 0 Å². The van der Waals surface area contributed by atoms with Gasteiger partial charge in [-0.25, -0.2) is 4.98 Å². The molecule has 88 valence electrons. The molecule has 0 aliphatic carbocycles. The van der Waals surface area contributed by atoms with Gasteiger partial charge in [-0.05, 0) is 13.0 Å². The minimum absolute atomic E-state index is 0.0316. The van der Waals surface area contributed by atoms with Crippen molar-refractivity contribution in [3.63, 3.8) is 0 Å². The van der Waals surface area contributed by atoms with Crippen LogP contribution in [0.25, 0.3) is 0 Å². The van der Waals surface area contributed by atoms with Crippen molar-refractivity contribution in [2.24, 2.45) is 0 Å². The van der Waals surface area contributed by atoms with Gasteiger partial charge >= 0.3 is 5.69 Å². The summed E-state index contributed by atoms with van der Waals surface area (Å²) < 4.78 is 0. The van der Waals surface area contributed by atoms with Gasteiger partial charge in [0.15, 0.2) is 0 Å². The molecule has 2 aromatic heterocycles. The van der Waals surface area contributed by atoms with E-state index in [1.165, 1.54) is 23.7 Å². The Morgan fingerprint density at radius 2 is 2.35 bits per heavy atom. The van der Waals surface area contributed by atoms with Gasteiger partial charge in [0.2, 0.25) is 0 Å². The quantitative estimate of drug-likeness (QED) is 0.666. The summed E-state index contributed by atoms with van der Waals surface area (Å²) in [6.45, 7) is 1.91. The fourth-order valence-corrected chi connectivity index (χ4v) is 2.04. The first kappa shape index (κ1) is 11.5. The summed E-state index contributed by atoms with van der Waals surface area (Å²) in [5.74, 6) is 0. The van der Waals surface area contributed by atoms with Crippen LogP contribution in [0.4, 0.5) is 11.4 Å². The van der Waals surface area contributed by atoms with Crippen molar-refractivity contribution in [3.8, 4) is 0 Å². The van der Waals surface area contributed by atoms with E-state index in [1.54, 1.807) is 12.3 Å². The molecule has 0 spiro atoms. The molecule has 2 rings (SSSR count). The van der Waals surface area contributed by atoms with Gasteiger partial charge in [-0.15, -0.1) is 11.3 Å². The highest BCUT2D eigenvalue weighted by Gasteiger charge is 2.16. The number of anilines is 1. The Bertz CT molecular complexity index is 515. The van der Waals surface area contributed by atoms with E-state index in [0.717, 1.165) is 5.01 Å². The number of nitro groups is 1. The van der Waals surface area contributed by atoms with E-state index >= 15 is 0 Å². The first-order valence-corrected chi connectivity index (χ1v) is 5.81. The van der Waals surface area contributed by atoms with E-state index in [9.17, 15) is 10.1 Å². The van der Waals surface area contributed by atoms with Crippen LogP contribution in [0.3, 0.4) is 0 Å². The number of hydrogen-bond donors (Lipinski definition) is 1. The second kappa shape index (κ2) is 4.88. The molecule has 0 aliphatic heterocycles. The lowest BCUT2D eigenvalue weighted by atomic mass is 10.3. The number of aromatic nitrogens is 2. The topological polar surface area (TPSA) is 81.0 Å². The smallest absolute Gasteiger partial charge is 0.310 e. The number of nitrogens with zero attached hydrogens (tertiary/aromatic N) is 3. The SMILES string of the molecule is CC(Nc1ccncc1[N+](=O)[O-])c1nccs1. The van der Waals surface area contributed by atoms with Gasteiger partial charge in [0.1, 0.15) is 16.9 Å². The summed E-state index contributed by atoms with van der Waals surface area (Å²) in [4.78, 5) is 18.2. The maximum atomic E-state index is 10.8. The third-order valence-electron chi connectivity index (χ3n) is 2.19. The Hall–Kier alpha value is -2.02. The van der Waals surface area contributed by atoms with Crippen LogP contribution in [-0.2, 0) is 0 Å². The van der Waals surface area contributed by atoms with Crippen LogP contribution in [0.1, 0.15) is 18.0 Å². The summed E-state index contributed by atoms with van der Waals surface area (Å²) in [5, 5.41) is 16.6. The molecule has 1 N–H and O–H groups in total. The molecule has 17 heavy (non-hydrogen) atoms. The number of nitrogens with one attached hydrogen (secondary N) is 1. The van der Waals surface area contributed by atoms with Crippen molar-refractivity contribution in [1.82, 2.24) is 9.97 Å². The van der Waals surface area contributed by atoms with Crippen LogP contribution >= 0.6 is 11.3 Å². The Morgan fingerprint density at radius 3 is 3.00 bits per heavy atom. The third-order valence-corrected chi connectivity index (χ3v) is 3.15. The minimum atomic E-state index is -0.454. The van der Waals surface area contributed by atoms with Crippen LogP contribution in [0.5, 0.6) is 0 Å². The van der Waals surface area contributed by atoms with Crippen molar-refractivity contribution in [1.29, 1.82) is 0 Å². The summed E-state index contributed by atoms with van der Waals surface area (Å²) in [7, 11) is 0. The van der Waals surface area contributed by atoms with Gasteiger partial charge in [0.25, 0.3) is 0 Å². The summed E-state index contributed by atoms with van der Waals surface area (Å²) in [6, 6.07) is 1.51. The average molecular weight is 250 g/mol. The molecule has 2 heterocycles. The third kappa shape index (κ3) is 2.56. The lowest BCUT2D eigenvalue weighted by Crippen LogP contribution is -2.08. The highest BCUT2D eigenvalue weighted by Crippen LogP contribution is 2.27. The van der Waals surface area contributed by atoms with Gasteiger partial charge in [0, 0.05) is 17.8 Å². The molecule has 7 heteroatoms. The zero-order chi connectivity index (χ0) is 12.3. The highest BCUT2D eigenvalue weighted by molar-refractivity contribution is 7.09. The molecule has 1 unspecified atom stereocenters. The lowest BCUT2D eigenvalue weighted by molar-refractivity contribution is -0.384. The second-order valence-electron chi connectivity index (χ2n) is 3.39. The Kier molecular flexibility index (Phi) is 3.29. The van der Waals surface area contributed by atoms with Gasteiger partial charge in [0.05, 0.1) is 11.0 Å². The first-order chi connectivity index (χ1) is 8.18. The van der Waals surface area contributed by atoms with Gasteiger partial charge in [-0.1, -0.05) is 0 Å². The van der Waals surface area contributed by atoms with E-state index < -0.39 is 4.92 Å². The molecular formula is C10H10N4O2S. The van der Waals surface area contributed by atoms with Crippen molar-refractivity contribution in [2.75, 3.05) is 5.32 Å². The van der Waals surface area contributed by atoms with Crippen LogP contribution < -0.4 is 5.32 Å². The number of pyridine rings is 1. The molecule has 6 nitrogen and oxygen atoms in total. The standard InChI is InChI=1S/C10H10N4O2S/c1-7(10-12-4-5-17-10)13-8-2-3-11-6-9(8)14(15)16/h2-7H,1H3,(H,11,13). The largest absolute Gasteiger partial charge is 0.370 e.